The summed E-state index contributed by atoms with van der Waals surface area (Å²) in [6.45, 7) is 6.40. The molecule has 0 amide bonds. The van der Waals surface area contributed by atoms with Gasteiger partial charge in [0.25, 0.3) is 0 Å². The number of benzene rings is 2. The Morgan fingerprint density at radius 1 is 0.885 bits per heavy atom. The van der Waals surface area contributed by atoms with Crippen LogP contribution >= 0.6 is 0 Å². The van der Waals surface area contributed by atoms with Gasteiger partial charge in [-0.25, -0.2) is 0 Å². The molecule has 0 aliphatic carbocycles. The minimum atomic E-state index is -0.251. The molecule has 2 nitrogen and oxygen atoms in total. The van der Waals surface area contributed by atoms with Gasteiger partial charge in [-0.15, -0.1) is 0 Å². The molecule has 0 saturated carbocycles. The van der Waals surface area contributed by atoms with Crippen molar-refractivity contribution in [2.75, 3.05) is 14.2 Å². The van der Waals surface area contributed by atoms with Gasteiger partial charge in [0.05, 0.1) is 14.2 Å². The van der Waals surface area contributed by atoms with Crippen LogP contribution in [0.1, 0.15) is 31.9 Å². The number of allylic oxidation sites excluding steroid dienone is 5. The zero-order chi connectivity index (χ0) is 19.0. The van der Waals surface area contributed by atoms with E-state index < -0.39 is 0 Å². The van der Waals surface area contributed by atoms with Crippen LogP contribution in [0.4, 0.5) is 0 Å². The van der Waals surface area contributed by atoms with E-state index in [-0.39, 0.29) is 5.41 Å². The van der Waals surface area contributed by atoms with Crippen molar-refractivity contribution < 1.29 is 9.47 Å². The maximum absolute atomic E-state index is 5.41. The van der Waals surface area contributed by atoms with Gasteiger partial charge >= 0.3 is 0 Å². The van der Waals surface area contributed by atoms with Gasteiger partial charge in [-0.05, 0) is 56.2 Å². The minimum absolute atomic E-state index is 0.251. The Morgan fingerprint density at radius 3 is 2.04 bits per heavy atom. The van der Waals surface area contributed by atoms with Gasteiger partial charge < -0.3 is 9.47 Å². The van der Waals surface area contributed by atoms with Crippen molar-refractivity contribution in [3.8, 4) is 5.75 Å². The van der Waals surface area contributed by atoms with E-state index in [1.54, 1.807) is 14.2 Å². The fraction of sp³-hybridized carbons (Fsp3) is 0.250. The highest BCUT2D eigenvalue weighted by Gasteiger charge is 2.30. The van der Waals surface area contributed by atoms with E-state index in [0.29, 0.717) is 0 Å². The third-order valence-corrected chi connectivity index (χ3v) is 4.87. The van der Waals surface area contributed by atoms with Gasteiger partial charge in [0.2, 0.25) is 0 Å². The molecule has 136 valence electrons. The number of rotatable bonds is 7. The zero-order valence-electron chi connectivity index (χ0n) is 16.3. The molecule has 0 aliphatic heterocycles. The maximum Gasteiger partial charge on any atom is 0.118 e. The molecule has 1 atom stereocenters. The van der Waals surface area contributed by atoms with Gasteiger partial charge in [-0.3, -0.25) is 0 Å². The van der Waals surface area contributed by atoms with E-state index in [1.807, 2.05) is 43.4 Å². The zero-order valence-corrected chi connectivity index (χ0v) is 16.3. The lowest BCUT2D eigenvalue weighted by atomic mass is 9.71. The van der Waals surface area contributed by atoms with Crippen molar-refractivity contribution in [3.05, 3.63) is 101 Å². The first-order valence-corrected chi connectivity index (χ1v) is 8.82. The van der Waals surface area contributed by atoms with Crippen LogP contribution in [0.15, 0.2) is 90.2 Å². The fourth-order valence-corrected chi connectivity index (χ4v) is 3.05. The van der Waals surface area contributed by atoms with Crippen LogP contribution in [0.2, 0.25) is 0 Å². The largest absolute Gasteiger partial charge is 0.497 e. The lowest BCUT2D eigenvalue weighted by molar-refractivity contribution is 0.307. The number of hydrogen-bond donors (Lipinski definition) is 0. The van der Waals surface area contributed by atoms with E-state index >= 15 is 0 Å². The summed E-state index contributed by atoms with van der Waals surface area (Å²) in [6.07, 6.45) is 8.07. The third kappa shape index (κ3) is 4.26. The van der Waals surface area contributed by atoms with Crippen LogP contribution in [0.25, 0.3) is 0 Å². The van der Waals surface area contributed by atoms with Crippen molar-refractivity contribution >= 4 is 0 Å². The Hall–Kier alpha value is -2.74. The normalized spacial score (nSPS) is 15.0. The topological polar surface area (TPSA) is 18.5 Å². The van der Waals surface area contributed by atoms with Crippen LogP contribution in [-0.2, 0) is 10.2 Å². The molecule has 0 bridgehead atoms. The smallest absolute Gasteiger partial charge is 0.118 e. The first kappa shape index (κ1) is 19.6. The van der Waals surface area contributed by atoms with Crippen molar-refractivity contribution in [3.63, 3.8) is 0 Å². The predicted molar refractivity (Wildman–Crippen MR) is 110 cm³/mol. The van der Waals surface area contributed by atoms with Gasteiger partial charge in [0.15, 0.2) is 0 Å². The average Bonchev–Trinajstić information content (AvgIpc) is 2.70. The molecular formula is C24H28O2. The second kappa shape index (κ2) is 9.10. The highest BCUT2D eigenvalue weighted by Crippen LogP contribution is 2.39. The lowest BCUT2D eigenvalue weighted by Gasteiger charge is -2.32. The SMILES string of the molecule is C\C=C/C(=C\C=C(/C)C(C)(c1ccccc1)c1ccc(OC)cc1)OC. The van der Waals surface area contributed by atoms with Crippen molar-refractivity contribution in [1.82, 2.24) is 0 Å². The predicted octanol–water partition coefficient (Wildman–Crippen LogP) is 6.05. The lowest BCUT2D eigenvalue weighted by Crippen LogP contribution is -2.25. The minimum Gasteiger partial charge on any atom is -0.497 e. The first-order valence-electron chi connectivity index (χ1n) is 8.82. The Morgan fingerprint density at radius 2 is 1.50 bits per heavy atom. The molecule has 0 aromatic heterocycles. The number of methoxy groups -OCH3 is 2. The Kier molecular flexibility index (Phi) is 6.85. The quantitative estimate of drug-likeness (QED) is 0.448. The summed E-state index contributed by atoms with van der Waals surface area (Å²) in [6, 6.07) is 18.9. The van der Waals surface area contributed by atoms with E-state index in [4.69, 9.17) is 9.47 Å². The van der Waals surface area contributed by atoms with E-state index in [2.05, 4.69) is 56.3 Å². The third-order valence-electron chi connectivity index (χ3n) is 4.87. The molecular weight excluding hydrogens is 320 g/mol. The molecule has 0 N–H and O–H groups in total. The maximum atomic E-state index is 5.41. The number of ether oxygens (including phenoxy) is 2. The highest BCUT2D eigenvalue weighted by atomic mass is 16.5. The Labute approximate surface area is 157 Å². The van der Waals surface area contributed by atoms with Gasteiger partial charge in [0, 0.05) is 5.41 Å². The van der Waals surface area contributed by atoms with Crippen LogP contribution in [0.3, 0.4) is 0 Å². The standard InChI is InChI=1S/C24H28O2/c1-6-10-22(25-4)16-13-19(2)24(3,20-11-8-7-9-12-20)21-14-17-23(26-5)18-15-21/h6-18H,1-5H3/b10-6-,19-13+,22-16+. The Balaban J connectivity index is 2.56. The van der Waals surface area contributed by atoms with Gasteiger partial charge in [-0.2, -0.15) is 0 Å². The molecule has 0 heterocycles. The molecule has 2 heteroatoms. The average molecular weight is 348 g/mol. The van der Waals surface area contributed by atoms with Crippen LogP contribution in [0.5, 0.6) is 5.75 Å². The Bertz CT molecular complexity index is 783. The molecule has 2 aromatic carbocycles. The summed E-state index contributed by atoms with van der Waals surface area (Å²) in [7, 11) is 3.38. The van der Waals surface area contributed by atoms with Gasteiger partial charge in [-0.1, -0.05) is 60.2 Å². The first-order chi connectivity index (χ1) is 12.6. The van der Waals surface area contributed by atoms with Crippen LogP contribution in [-0.4, -0.2) is 14.2 Å². The van der Waals surface area contributed by atoms with E-state index in [1.165, 1.54) is 16.7 Å². The van der Waals surface area contributed by atoms with E-state index in [0.717, 1.165) is 11.5 Å². The second-order valence-electron chi connectivity index (χ2n) is 6.34. The van der Waals surface area contributed by atoms with Crippen molar-refractivity contribution in [1.29, 1.82) is 0 Å². The summed E-state index contributed by atoms with van der Waals surface area (Å²) in [5.74, 6) is 1.69. The molecule has 26 heavy (non-hydrogen) atoms. The molecule has 2 rings (SSSR count). The van der Waals surface area contributed by atoms with Gasteiger partial charge in [0.1, 0.15) is 11.5 Å². The van der Waals surface area contributed by atoms with Crippen molar-refractivity contribution in [2.24, 2.45) is 0 Å². The van der Waals surface area contributed by atoms with Crippen LogP contribution < -0.4 is 4.74 Å². The molecule has 0 aliphatic rings. The molecule has 2 aromatic rings. The number of hydrogen-bond acceptors (Lipinski definition) is 2. The molecule has 0 spiro atoms. The monoisotopic (exact) mass is 348 g/mol. The second-order valence-corrected chi connectivity index (χ2v) is 6.34. The summed E-state index contributed by atoms with van der Waals surface area (Å²) in [5.41, 5.74) is 3.45. The summed E-state index contributed by atoms with van der Waals surface area (Å²) in [5, 5.41) is 0. The molecule has 0 radical (unpaired) electrons. The fourth-order valence-electron chi connectivity index (χ4n) is 3.05. The van der Waals surface area contributed by atoms with Crippen LogP contribution in [0, 0.1) is 0 Å². The van der Waals surface area contributed by atoms with E-state index in [9.17, 15) is 0 Å². The highest BCUT2D eigenvalue weighted by molar-refractivity contribution is 5.49. The summed E-state index contributed by atoms with van der Waals surface area (Å²) in [4.78, 5) is 0. The molecule has 1 unspecified atom stereocenters. The summed E-state index contributed by atoms with van der Waals surface area (Å²) < 4.78 is 10.7. The molecule has 0 fully saturated rings. The molecule has 0 saturated heterocycles. The summed E-state index contributed by atoms with van der Waals surface area (Å²) >= 11 is 0. The van der Waals surface area contributed by atoms with Crippen molar-refractivity contribution in [2.45, 2.75) is 26.2 Å².